The Bertz CT molecular complexity index is 304. The van der Waals surface area contributed by atoms with Gasteiger partial charge in [0.1, 0.15) is 5.76 Å². The van der Waals surface area contributed by atoms with E-state index < -0.39 is 6.10 Å². The van der Waals surface area contributed by atoms with Crippen molar-refractivity contribution in [3.8, 4) is 0 Å². The number of hydrogen-bond acceptors (Lipinski definition) is 3. The van der Waals surface area contributed by atoms with Crippen molar-refractivity contribution >= 4 is 6.08 Å². The van der Waals surface area contributed by atoms with E-state index in [2.05, 4.69) is 5.16 Å². The lowest BCUT2D eigenvalue weighted by molar-refractivity contribution is 0.232. The van der Waals surface area contributed by atoms with Gasteiger partial charge in [0, 0.05) is 5.56 Å². The monoisotopic (exact) mass is 181 g/mol. The Hall–Kier alpha value is -1.09. The van der Waals surface area contributed by atoms with E-state index in [1.54, 1.807) is 6.92 Å². The van der Waals surface area contributed by atoms with Crippen LogP contribution in [0.3, 0.4) is 0 Å². The van der Waals surface area contributed by atoms with E-state index in [1.165, 1.54) is 0 Å². The first-order chi connectivity index (χ1) is 6.02. The molecule has 0 aromatic carbocycles. The maximum Gasteiger partial charge on any atom is 0.141 e. The van der Waals surface area contributed by atoms with Crippen LogP contribution in [0, 0.1) is 13.8 Å². The summed E-state index contributed by atoms with van der Waals surface area (Å²) in [5, 5.41) is 13.1. The smallest absolute Gasteiger partial charge is 0.141 e. The van der Waals surface area contributed by atoms with Crippen LogP contribution in [0.1, 0.15) is 30.9 Å². The van der Waals surface area contributed by atoms with E-state index in [0.29, 0.717) is 0 Å². The Labute approximate surface area is 78.1 Å². The maximum absolute atomic E-state index is 9.28. The van der Waals surface area contributed by atoms with Gasteiger partial charge < -0.3 is 9.63 Å². The molecule has 0 aliphatic heterocycles. The first-order valence-electron chi connectivity index (χ1n) is 4.31. The van der Waals surface area contributed by atoms with Gasteiger partial charge in [0.05, 0.1) is 11.8 Å². The summed E-state index contributed by atoms with van der Waals surface area (Å²) in [7, 11) is 0. The van der Waals surface area contributed by atoms with Gasteiger partial charge in [0.2, 0.25) is 0 Å². The lowest BCUT2D eigenvalue weighted by atomic mass is 10.1. The third-order valence-electron chi connectivity index (χ3n) is 2.12. The van der Waals surface area contributed by atoms with E-state index in [-0.39, 0.29) is 0 Å². The molecule has 13 heavy (non-hydrogen) atoms. The Kier molecular flexibility index (Phi) is 2.88. The fourth-order valence-corrected chi connectivity index (χ4v) is 1.04. The van der Waals surface area contributed by atoms with Crippen molar-refractivity contribution in [3.05, 3.63) is 22.6 Å². The average Bonchev–Trinajstić information content (AvgIpc) is 2.35. The van der Waals surface area contributed by atoms with Crippen molar-refractivity contribution in [3.63, 3.8) is 0 Å². The predicted molar refractivity (Wildman–Crippen MR) is 51.3 cm³/mol. The molecule has 0 fully saturated rings. The summed E-state index contributed by atoms with van der Waals surface area (Å²) in [6.45, 7) is 7.37. The molecule has 72 valence electrons. The Morgan fingerprint density at radius 1 is 1.54 bits per heavy atom. The molecule has 1 N–H and O–H groups in total. The zero-order valence-electron chi connectivity index (χ0n) is 8.46. The molecule has 1 atom stereocenters. The molecule has 0 amide bonds. The number of aromatic nitrogens is 1. The van der Waals surface area contributed by atoms with Gasteiger partial charge in [-0.2, -0.15) is 0 Å². The summed E-state index contributed by atoms with van der Waals surface area (Å²) in [5.74, 6) is 0.789. The molecule has 1 aromatic rings. The summed E-state index contributed by atoms with van der Waals surface area (Å²) in [6.07, 6.45) is 1.49. The molecule has 0 bridgehead atoms. The van der Waals surface area contributed by atoms with E-state index in [9.17, 15) is 5.11 Å². The molecule has 0 aliphatic rings. The maximum atomic E-state index is 9.28. The van der Waals surface area contributed by atoms with Crippen molar-refractivity contribution in [1.82, 2.24) is 5.16 Å². The third-order valence-corrected chi connectivity index (χ3v) is 2.12. The van der Waals surface area contributed by atoms with Crippen LogP contribution in [0.5, 0.6) is 0 Å². The molecular weight excluding hydrogens is 166 g/mol. The highest BCUT2D eigenvalue weighted by molar-refractivity contribution is 5.56. The molecule has 1 aromatic heterocycles. The normalized spacial score (nSPS) is 14.7. The van der Waals surface area contributed by atoms with Crippen LogP contribution in [0.2, 0.25) is 0 Å². The van der Waals surface area contributed by atoms with Gasteiger partial charge in [0.15, 0.2) is 0 Å². The van der Waals surface area contributed by atoms with E-state index in [1.807, 2.05) is 26.8 Å². The van der Waals surface area contributed by atoms with Crippen LogP contribution in [-0.4, -0.2) is 16.4 Å². The van der Waals surface area contributed by atoms with Crippen LogP contribution in [0.15, 0.2) is 10.1 Å². The van der Waals surface area contributed by atoms with Crippen LogP contribution in [0.25, 0.3) is 6.08 Å². The second-order valence-corrected chi connectivity index (χ2v) is 3.30. The molecule has 1 rings (SSSR count). The Morgan fingerprint density at radius 3 is 2.54 bits per heavy atom. The molecular formula is C10H15NO2. The highest BCUT2D eigenvalue weighted by atomic mass is 16.5. The minimum atomic E-state index is -0.423. The zero-order chi connectivity index (χ0) is 10.0. The highest BCUT2D eigenvalue weighted by Crippen LogP contribution is 2.17. The third kappa shape index (κ3) is 2.18. The van der Waals surface area contributed by atoms with Crippen molar-refractivity contribution in [2.75, 3.05) is 0 Å². The molecule has 0 saturated heterocycles. The number of aliphatic hydroxyl groups is 1. The first kappa shape index (κ1) is 9.99. The summed E-state index contributed by atoms with van der Waals surface area (Å²) in [6, 6.07) is 0. The molecule has 0 spiro atoms. The number of aliphatic hydroxyl groups excluding tert-OH is 1. The van der Waals surface area contributed by atoms with E-state index in [4.69, 9.17) is 4.52 Å². The predicted octanol–water partition coefficient (Wildman–Crippen LogP) is 2.08. The lowest BCUT2D eigenvalue weighted by Gasteiger charge is -2.03. The Morgan fingerprint density at radius 2 is 2.15 bits per heavy atom. The standard InChI is InChI=1S/C10H15NO2/c1-6(8(3)12)5-10-7(2)11-13-9(10)4/h5,8,12H,1-4H3. The van der Waals surface area contributed by atoms with Crippen LogP contribution < -0.4 is 0 Å². The summed E-state index contributed by atoms with van der Waals surface area (Å²) >= 11 is 0. The van der Waals surface area contributed by atoms with Gasteiger partial charge in [-0.3, -0.25) is 0 Å². The second-order valence-electron chi connectivity index (χ2n) is 3.30. The number of nitrogens with zero attached hydrogens (tertiary/aromatic N) is 1. The van der Waals surface area contributed by atoms with Crippen LogP contribution in [0.4, 0.5) is 0 Å². The zero-order valence-corrected chi connectivity index (χ0v) is 8.46. The van der Waals surface area contributed by atoms with E-state index >= 15 is 0 Å². The minimum Gasteiger partial charge on any atom is -0.389 e. The topological polar surface area (TPSA) is 46.3 Å². The van der Waals surface area contributed by atoms with Gasteiger partial charge in [0.25, 0.3) is 0 Å². The average molecular weight is 181 g/mol. The molecule has 0 saturated carbocycles. The van der Waals surface area contributed by atoms with Crippen molar-refractivity contribution in [2.24, 2.45) is 0 Å². The van der Waals surface area contributed by atoms with Crippen molar-refractivity contribution in [1.29, 1.82) is 0 Å². The number of aryl methyl sites for hydroxylation is 2. The van der Waals surface area contributed by atoms with Crippen molar-refractivity contribution < 1.29 is 9.63 Å². The Balaban J connectivity index is 3.03. The molecule has 3 heteroatoms. The van der Waals surface area contributed by atoms with Gasteiger partial charge in [-0.25, -0.2) is 0 Å². The quantitative estimate of drug-likeness (QED) is 0.759. The molecule has 0 radical (unpaired) electrons. The summed E-state index contributed by atoms with van der Waals surface area (Å²) in [5.41, 5.74) is 2.74. The largest absolute Gasteiger partial charge is 0.389 e. The van der Waals surface area contributed by atoms with Gasteiger partial charge in [-0.1, -0.05) is 5.16 Å². The van der Waals surface area contributed by atoms with Gasteiger partial charge in [-0.05, 0) is 39.3 Å². The fraction of sp³-hybridized carbons (Fsp3) is 0.500. The number of rotatable bonds is 2. The SMILES string of the molecule is CC(=Cc1c(C)noc1C)C(C)O. The van der Waals surface area contributed by atoms with Gasteiger partial charge >= 0.3 is 0 Å². The molecule has 1 heterocycles. The number of hydrogen-bond donors (Lipinski definition) is 1. The van der Waals surface area contributed by atoms with E-state index in [0.717, 1.165) is 22.6 Å². The molecule has 0 aliphatic carbocycles. The molecule has 3 nitrogen and oxygen atoms in total. The highest BCUT2D eigenvalue weighted by Gasteiger charge is 2.07. The summed E-state index contributed by atoms with van der Waals surface area (Å²) < 4.78 is 5.00. The van der Waals surface area contributed by atoms with Gasteiger partial charge in [-0.15, -0.1) is 0 Å². The van der Waals surface area contributed by atoms with Crippen molar-refractivity contribution in [2.45, 2.75) is 33.8 Å². The van der Waals surface area contributed by atoms with Crippen LogP contribution >= 0.6 is 0 Å². The van der Waals surface area contributed by atoms with Crippen LogP contribution in [-0.2, 0) is 0 Å². The molecule has 1 unspecified atom stereocenters. The fourth-order valence-electron chi connectivity index (χ4n) is 1.04. The first-order valence-corrected chi connectivity index (χ1v) is 4.31. The summed E-state index contributed by atoms with van der Waals surface area (Å²) in [4.78, 5) is 0. The lowest BCUT2D eigenvalue weighted by Crippen LogP contribution is -2.00. The minimum absolute atomic E-state index is 0.423. The second kappa shape index (κ2) is 3.75.